The Morgan fingerprint density at radius 1 is 1.33 bits per heavy atom. The second-order valence-corrected chi connectivity index (χ2v) is 4.35. The maximum Gasteiger partial charge on any atom is 0.0874 e. The predicted molar refractivity (Wildman–Crippen MR) is 64.6 cm³/mol. The van der Waals surface area contributed by atoms with Gasteiger partial charge in [0, 0.05) is 0 Å². The fourth-order valence-electron chi connectivity index (χ4n) is 1.94. The van der Waals surface area contributed by atoms with Gasteiger partial charge in [0.15, 0.2) is 0 Å². The molecule has 0 spiro atoms. The van der Waals surface area contributed by atoms with Crippen LogP contribution in [0.2, 0.25) is 0 Å². The van der Waals surface area contributed by atoms with E-state index in [0.717, 1.165) is 12.0 Å². The van der Waals surface area contributed by atoms with Gasteiger partial charge >= 0.3 is 0 Å². The lowest BCUT2D eigenvalue weighted by molar-refractivity contribution is 0.0382. The fourth-order valence-corrected chi connectivity index (χ4v) is 1.94. The first-order valence-electron chi connectivity index (χ1n) is 5.47. The molecule has 15 heavy (non-hydrogen) atoms. The fraction of sp³-hybridized carbons (Fsp3) is 0.429. The van der Waals surface area contributed by atoms with Gasteiger partial charge in [-0.1, -0.05) is 49.4 Å². The topological polar surface area (TPSA) is 20.2 Å². The summed E-state index contributed by atoms with van der Waals surface area (Å²) in [5, 5.41) is 10.3. The Kier molecular flexibility index (Phi) is 4.10. The van der Waals surface area contributed by atoms with Crippen LogP contribution in [0.3, 0.4) is 0 Å². The van der Waals surface area contributed by atoms with Crippen LogP contribution in [0.4, 0.5) is 0 Å². The van der Waals surface area contributed by atoms with Crippen LogP contribution in [0.1, 0.15) is 32.8 Å². The van der Waals surface area contributed by atoms with Crippen molar-refractivity contribution < 1.29 is 5.11 Å². The lowest BCUT2D eigenvalue weighted by atomic mass is 9.87. The van der Waals surface area contributed by atoms with Crippen molar-refractivity contribution in [3.8, 4) is 0 Å². The van der Waals surface area contributed by atoms with E-state index in [-0.39, 0.29) is 0 Å². The number of allylic oxidation sites excluding steroid dienone is 2. The van der Waals surface area contributed by atoms with Gasteiger partial charge in [-0.3, -0.25) is 0 Å². The minimum atomic E-state index is -0.736. The molecule has 0 bridgehead atoms. The first-order valence-corrected chi connectivity index (χ1v) is 5.47. The molecular formula is C14H20O. The quantitative estimate of drug-likeness (QED) is 0.744. The third-order valence-corrected chi connectivity index (χ3v) is 2.64. The Labute approximate surface area is 92.5 Å². The summed E-state index contributed by atoms with van der Waals surface area (Å²) in [6, 6.07) is 9.84. The van der Waals surface area contributed by atoms with Gasteiger partial charge in [-0.05, 0) is 31.7 Å². The first kappa shape index (κ1) is 12.0. The lowest BCUT2D eigenvalue weighted by Crippen LogP contribution is -2.23. The molecule has 1 aromatic rings. The highest BCUT2D eigenvalue weighted by Gasteiger charge is 2.24. The zero-order chi connectivity index (χ0) is 11.3. The molecule has 82 valence electrons. The summed E-state index contributed by atoms with van der Waals surface area (Å²) in [6.07, 6.45) is 4.91. The molecule has 1 N–H and O–H groups in total. The SMILES string of the molecule is C/C=C\C(C)CC(C)(O)c1ccccc1. The third kappa shape index (κ3) is 3.52. The van der Waals surface area contributed by atoms with Crippen molar-refractivity contribution in [3.05, 3.63) is 48.0 Å². The van der Waals surface area contributed by atoms with Crippen molar-refractivity contribution in [2.75, 3.05) is 0 Å². The Hall–Kier alpha value is -1.08. The molecule has 0 radical (unpaired) electrons. The van der Waals surface area contributed by atoms with E-state index < -0.39 is 5.60 Å². The van der Waals surface area contributed by atoms with Crippen molar-refractivity contribution in [1.82, 2.24) is 0 Å². The molecule has 1 nitrogen and oxygen atoms in total. The number of hydrogen-bond acceptors (Lipinski definition) is 1. The highest BCUT2D eigenvalue weighted by molar-refractivity contribution is 5.21. The smallest absolute Gasteiger partial charge is 0.0874 e. The van der Waals surface area contributed by atoms with Gasteiger partial charge in [0.05, 0.1) is 5.60 Å². The summed E-state index contributed by atoms with van der Waals surface area (Å²) >= 11 is 0. The predicted octanol–water partition coefficient (Wildman–Crippen LogP) is 3.50. The highest BCUT2D eigenvalue weighted by atomic mass is 16.3. The molecule has 0 heterocycles. The van der Waals surface area contributed by atoms with Crippen LogP contribution in [0.25, 0.3) is 0 Å². The molecular weight excluding hydrogens is 184 g/mol. The zero-order valence-electron chi connectivity index (χ0n) is 9.77. The monoisotopic (exact) mass is 204 g/mol. The summed E-state index contributed by atoms with van der Waals surface area (Å²) in [7, 11) is 0. The molecule has 0 aliphatic heterocycles. The van der Waals surface area contributed by atoms with Crippen molar-refractivity contribution in [2.45, 2.75) is 32.8 Å². The van der Waals surface area contributed by atoms with Gasteiger partial charge in [-0.2, -0.15) is 0 Å². The van der Waals surface area contributed by atoms with E-state index in [1.165, 1.54) is 0 Å². The number of aliphatic hydroxyl groups is 1. The zero-order valence-corrected chi connectivity index (χ0v) is 9.77. The van der Waals surface area contributed by atoms with Crippen molar-refractivity contribution in [2.24, 2.45) is 5.92 Å². The maximum atomic E-state index is 10.3. The van der Waals surface area contributed by atoms with E-state index in [4.69, 9.17) is 0 Å². The van der Waals surface area contributed by atoms with E-state index in [0.29, 0.717) is 5.92 Å². The van der Waals surface area contributed by atoms with Crippen molar-refractivity contribution in [3.63, 3.8) is 0 Å². The van der Waals surface area contributed by atoms with Gasteiger partial charge < -0.3 is 5.11 Å². The number of benzene rings is 1. The number of hydrogen-bond donors (Lipinski definition) is 1. The van der Waals surface area contributed by atoms with Crippen LogP contribution < -0.4 is 0 Å². The average molecular weight is 204 g/mol. The second kappa shape index (κ2) is 5.13. The molecule has 2 atom stereocenters. The molecule has 0 saturated heterocycles. The summed E-state index contributed by atoms with van der Waals surface area (Å²) in [5.41, 5.74) is 0.251. The van der Waals surface area contributed by atoms with E-state index in [1.54, 1.807) is 0 Å². The van der Waals surface area contributed by atoms with Gasteiger partial charge in [0.2, 0.25) is 0 Å². The van der Waals surface area contributed by atoms with Gasteiger partial charge in [-0.15, -0.1) is 0 Å². The molecule has 1 rings (SSSR count). The van der Waals surface area contributed by atoms with Gasteiger partial charge in [0.25, 0.3) is 0 Å². The van der Waals surface area contributed by atoms with E-state index in [2.05, 4.69) is 13.0 Å². The van der Waals surface area contributed by atoms with Crippen LogP contribution in [0, 0.1) is 5.92 Å². The molecule has 0 aromatic heterocycles. The van der Waals surface area contributed by atoms with Crippen molar-refractivity contribution in [1.29, 1.82) is 0 Å². The van der Waals surface area contributed by atoms with E-state index in [1.807, 2.05) is 50.3 Å². The normalized spacial score (nSPS) is 17.6. The minimum Gasteiger partial charge on any atom is -0.385 e. The van der Waals surface area contributed by atoms with Crippen LogP contribution in [-0.2, 0) is 5.60 Å². The number of rotatable bonds is 4. The largest absolute Gasteiger partial charge is 0.385 e. The maximum absolute atomic E-state index is 10.3. The molecule has 0 saturated carbocycles. The van der Waals surface area contributed by atoms with Crippen LogP contribution >= 0.6 is 0 Å². The molecule has 2 unspecified atom stereocenters. The minimum absolute atomic E-state index is 0.394. The highest BCUT2D eigenvalue weighted by Crippen LogP contribution is 2.28. The Bertz CT molecular complexity index is 311. The molecule has 0 aliphatic carbocycles. The Morgan fingerprint density at radius 3 is 2.47 bits per heavy atom. The molecule has 0 amide bonds. The van der Waals surface area contributed by atoms with Crippen LogP contribution in [-0.4, -0.2) is 5.11 Å². The van der Waals surface area contributed by atoms with E-state index in [9.17, 15) is 5.11 Å². The van der Waals surface area contributed by atoms with Crippen LogP contribution in [0.15, 0.2) is 42.5 Å². The molecule has 1 aromatic carbocycles. The van der Waals surface area contributed by atoms with Crippen molar-refractivity contribution >= 4 is 0 Å². The second-order valence-electron chi connectivity index (χ2n) is 4.35. The molecule has 0 aliphatic rings. The van der Waals surface area contributed by atoms with Crippen LogP contribution in [0.5, 0.6) is 0 Å². The van der Waals surface area contributed by atoms with Gasteiger partial charge in [-0.25, -0.2) is 0 Å². The summed E-state index contributed by atoms with van der Waals surface area (Å²) in [6.45, 7) is 6.01. The van der Waals surface area contributed by atoms with Gasteiger partial charge in [0.1, 0.15) is 0 Å². The Morgan fingerprint density at radius 2 is 1.93 bits per heavy atom. The Balaban J connectivity index is 2.75. The average Bonchev–Trinajstić information content (AvgIpc) is 2.18. The summed E-state index contributed by atoms with van der Waals surface area (Å²) in [4.78, 5) is 0. The molecule has 0 fully saturated rings. The summed E-state index contributed by atoms with van der Waals surface area (Å²) < 4.78 is 0. The lowest BCUT2D eigenvalue weighted by Gasteiger charge is -2.26. The molecule has 1 heteroatoms. The standard InChI is InChI=1S/C14H20O/c1-4-8-12(2)11-14(3,15)13-9-6-5-7-10-13/h4-10,12,15H,11H2,1-3H3/b8-4-. The third-order valence-electron chi connectivity index (χ3n) is 2.64. The summed E-state index contributed by atoms with van der Waals surface area (Å²) in [5.74, 6) is 0.394. The first-order chi connectivity index (χ1) is 7.06. The van der Waals surface area contributed by atoms with E-state index >= 15 is 0 Å².